The first kappa shape index (κ1) is 17.0. The van der Waals surface area contributed by atoms with Gasteiger partial charge in [-0.1, -0.05) is 39.8 Å². The quantitative estimate of drug-likeness (QED) is 0.793. The molecule has 0 spiro atoms. The van der Waals surface area contributed by atoms with Crippen LogP contribution in [0.15, 0.2) is 18.2 Å². The number of nitrogens with zero attached hydrogens (tertiary/aromatic N) is 1. The lowest BCUT2D eigenvalue weighted by Crippen LogP contribution is -2.38. The number of benzene rings is 1. The number of aliphatic hydroxyl groups is 1. The van der Waals surface area contributed by atoms with Crippen LogP contribution in [0.2, 0.25) is 0 Å². The molecule has 1 rings (SSSR count). The fourth-order valence-electron chi connectivity index (χ4n) is 2.72. The van der Waals surface area contributed by atoms with Gasteiger partial charge in [-0.3, -0.25) is 0 Å². The van der Waals surface area contributed by atoms with Crippen molar-refractivity contribution < 1.29 is 9.50 Å². The second-order valence-corrected chi connectivity index (χ2v) is 5.87. The summed E-state index contributed by atoms with van der Waals surface area (Å²) in [4.78, 5) is 2.14. The average molecular weight is 281 g/mol. The first-order valence-corrected chi connectivity index (χ1v) is 7.65. The Kier molecular flexibility index (Phi) is 6.47. The predicted molar refractivity (Wildman–Crippen MR) is 83.6 cm³/mol. The van der Waals surface area contributed by atoms with Crippen molar-refractivity contribution in [2.24, 2.45) is 5.92 Å². The van der Waals surface area contributed by atoms with Crippen molar-refractivity contribution in [1.82, 2.24) is 0 Å². The third-order valence-corrected chi connectivity index (χ3v) is 3.70. The molecule has 114 valence electrons. The van der Waals surface area contributed by atoms with E-state index in [1.165, 1.54) is 6.07 Å². The van der Waals surface area contributed by atoms with E-state index in [4.69, 9.17) is 0 Å². The molecule has 1 aromatic rings. The van der Waals surface area contributed by atoms with Gasteiger partial charge >= 0.3 is 0 Å². The lowest BCUT2D eigenvalue weighted by Gasteiger charge is -2.36. The van der Waals surface area contributed by atoms with Crippen LogP contribution in [0.4, 0.5) is 10.1 Å². The Morgan fingerprint density at radius 1 is 1.15 bits per heavy atom. The normalized spacial score (nSPS) is 13.1. The maximum atomic E-state index is 14.4. The molecule has 0 heterocycles. The van der Waals surface area contributed by atoms with Gasteiger partial charge in [0, 0.05) is 18.2 Å². The van der Waals surface area contributed by atoms with Gasteiger partial charge in [-0.2, -0.15) is 0 Å². The van der Waals surface area contributed by atoms with Crippen LogP contribution in [0.5, 0.6) is 0 Å². The zero-order valence-electron chi connectivity index (χ0n) is 13.4. The minimum Gasteiger partial charge on any atom is -0.389 e. The molecule has 0 aliphatic carbocycles. The molecule has 0 fully saturated rings. The molecule has 0 bridgehead atoms. The Morgan fingerprint density at radius 2 is 1.75 bits per heavy atom. The molecule has 0 radical (unpaired) electrons. The molecule has 0 aromatic heterocycles. The number of para-hydroxylation sites is 1. The Bertz CT molecular complexity index is 413. The molecule has 0 saturated heterocycles. The molecule has 0 aliphatic heterocycles. The smallest absolute Gasteiger partial charge is 0.146 e. The number of halogens is 1. The minimum absolute atomic E-state index is 0.240. The van der Waals surface area contributed by atoms with E-state index in [0.717, 1.165) is 19.4 Å². The van der Waals surface area contributed by atoms with E-state index in [9.17, 15) is 9.50 Å². The average Bonchev–Trinajstić information content (AvgIpc) is 2.38. The van der Waals surface area contributed by atoms with Gasteiger partial charge in [0.15, 0.2) is 0 Å². The van der Waals surface area contributed by atoms with Crippen LogP contribution < -0.4 is 4.90 Å². The summed E-state index contributed by atoms with van der Waals surface area (Å²) < 4.78 is 14.4. The summed E-state index contributed by atoms with van der Waals surface area (Å²) in [5, 5.41) is 9.95. The zero-order valence-corrected chi connectivity index (χ0v) is 13.4. The second kappa shape index (κ2) is 7.63. The number of rotatable bonds is 7. The molecular formula is C17H28FNO. The lowest BCUT2D eigenvalue weighted by atomic mass is 10.0. The highest BCUT2D eigenvalue weighted by molar-refractivity contribution is 5.56. The van der Waals surface area contributed by atoms with E-state index in [2.05, 4.69) is 32.6 Å². The van der Waals surface area contributed by atoms with Gasteiger partial charge in [0.2, 0.25) is 0 Å². The summed E-state index contributed by atoms with van der Waals surface area (Å²) in [5.41, 5.74) is 1.25. The third-order valence-electron chi connectivity index (χ3n) is 3.70. The van der Waals surface area contributed by atoms with Crippen LogP contribution >= 0.6 is 0 Å². The van der Waals surface area contributed by atoms with Crippen LogP contribution in [0.3, 0.4) is 0 Å². The molecule has 1 aromatic carbocycles. The Balaban J connectivity index is 3.32. The molecule has 1 N–H and O–H groups in total. The molecular weight excluding hydrogens is 253 g/mol. The zero-order chi connectivity index (χ0) is 15.3. The summed E-state index contributed by atoms with van der Waals surface area (Å²) >= 11 is 0. The largest absolute Gasteiger partial charge is 0.389 e. The van der Waals surface area contributed by atoms with Crippen LogP contribution in [0, 0.1) is 11.7 Å². The summed E-state index contributed by atoms with van der Waals surface area (Å²) in [5.74, 6) is 0.202. The summed E-state index contributed by atoms with van der Waals surface area (Å²) in [6.45, 7) is 11.0. The highest BCUT2D eigenvalue weighted by Gasteiger charge is 2.24. The van der Waals surface area contributed by atoms with Crippen molar-refractivity contribution >= 4 is 5.69 Å². The van der Waals surface area contributed by atoms with Crippen LogP contribution in [0.1, 0.15) is 59.1 Å². The van der Waals surface area contributed by atoms with E-state index in [0.29, 0.717) is 23.2 Å². The van der Waals surface area contributed by atoms with E-state index in [1.54, 1.807) is 13.0 Å². The number of aliphatic hydroxyl groups excluding tert-OH is 1. The summed E-state index contributed by atoms with van der Waals surface area (Å²) in [6, 6.07) is 5.27. The standard InChI is InChI=1S/C17H28FNO/c1-6-14(7-2)19(11-12(3)4)17-15(13(5)20)9-8-10-16(17)18/h8-10,12-14,20H,6-7,11H2,1-5H3/t13-/m1/s1. The van der Waals surface area contributed by atoms with Crippen molar-refractivity contribution in [3.05, 3.63) is 29.6 Å². The van der Waals surface area contributed by atoms with Crippen molar-refractivity contribution in [3.8, 4) is 0 Å². The van der Waals surface area contributed by atoms with Crippen LogP contribution in [-0.4, -0.2) is 17.7 Å². The highest BCUT2D eigenvalue weighted by Crippen LogP contribution is 2.32. The van der Waals surface area contributed by atoms with Crippen LogP contribution in [0.25, 0.3) is 0 Å². The monoisotopic (exact) mass is 281 g/mol. The molecule has 3 heteroatoms. The summed E-state index contributed by atoms with van der Waals surface area (Å²) in [6.07, 6.45) is 1.28. The van der Waals surface area contributed by atoms with Crippen LogP contribution in [-0.2, 0) is 0 Å². The maximum Gasteiger partial charge on any atom is 0.146 e. The van der Waals surface area contributed by atoms with E-state index in [1.807, 2.05) is 6.07 Å². The molecule has 0 unspecified atom stereocenters. The first-order chi connectivity index (χ1) is 9.42. The molecule has 0 saturated carbocycles. The van der Waals surface area contributed by atoms with E-state index in [-0.39, 0.29) is 5.82 Å². The second-order valence-electron chi connectivity index (χ2n) is 5.87. The fourth-order valence-corrected chi connectivity index (χ4v) is 2.72. The minimum atomic E-state index is -0.662. The van der Waals surface area contributed by atoms with Crippen molar-refractivity contribution in [1.29, 1.82) is 0 Å². The lowest BCUT2D eigenvalue weighted by molar-refractivity contribution is 0.199. The third kappa shape index (κ3) is 3.95. The van der Waals surface area contributed by atoms with E-state index < -0.39 is 6.10 Å². The Hall–Kier alpha value is -1.09. The molecule has 0 amide bonds. The van der Waals surface area contributed by atoms with Gasteiger partial charge in [0.05, 0.1) is 11.8 Å². The molecule has 1 atom stereocenters. The SMILES string of the molecule is CCC(CC)N(CC(C)C)c1c(F)cccc1[C@@H](C)O. The van der Waals surface area contributed by atoms with E-state index >= 15 is 0 Å². The Labute approximate surface area is 122 Å². The van der Waals surface area contributed by atoms with Gasteiger partial charge in [-0.05, 0) is 31.7 Å². The van der Waals surface area contributed by atoms with Crippen molar-refractivity contribution in [2.75, 3.05) is 11.4 Å². The van der Waals surface area contributed by atoms with Gasteiger partial charge in [0.25, 0.3) is 0 Å². The van der Waals surface area contributed by atoms with Gasteiger partial charge < -0.3 is 10.0 Å². The van der Waals surface area contributed by atoms with Crippen molar-refractivity contribution in [2.45, 2.75) is 59.6 Å². The number of hydrogen-bond donors (Lipinski definition) is 1. The van der Waals surface area contributed by atoms with Gasteiger partial charge in [-0.15, -0.1) is 0 Å². The molecule has 20 heavy (non-hydrogen) atoms. The number of hydrogen-bond acceptors (Lipinski definition) is 2. The molecule has 0 aliphatic rings. The fraction of sp³-hybridized carbons (Fsp3) is 0.647. The first-order valence-electron chi connectivity index (χ1n) is 7.65. The van der Waals surface area contributed by atoms with Crippen molar-refractivity contribution in [3.63, 3.8) is 0 Å². The maximum absolute atomic E-state index is 14.4. The Morgan fingerprint density at radius 3 is 2.20 bits per heavy atom. The van der Waals surface area contributed by atoms with Gasteiger partial charge in [-0.25, -0.2) is 4.39 Å². The van der Waals surface area contributed by atoms with Gasteiger partial charge in [0.1, 0.15) is 5.82 Å². The highest BCUT2D eigenvalue weighted by atomic mass is 19.1. The topological polar surface area (TPSA) is 23.5 Å². The molecule has 2 nitrogen and oxygen atoms in total. The predicted octanol–water partition coefficient (Wildman–Crippen LogP) is 4.53. The number of anilines is 1. The summed E-state index contributed by atoms with van der Waals surface area (Å²) in [7, 11) is 0.